The van der Waals surface area contributed by atoms with Crippen LogP contribution in [0.25, 0.3) is 0 Å². The van der Waals surface area contributed by atoms with Crippen molar-refractivity contribution in [2.45, 2.75) is 39.5 Å². The number of hydrogen-bond donors (Lipinski definition) is 1. The molecule has 0 radical (unpaired) electrons. The number of carbonyl (C=O) groups is 2. The molecular formula is C15H23NO2S. The molecule has 0 atom stereocenters. The number of benzene rings is 1. The molecule has 0 aliphatic carbocycles. The Kier molecular flexibility index (Phi) is 8.16. The lowest BCUT2D eigenvalue weighted by Gasteiger charge is -2.16. The third kappa shape index (κ3) is 7.67. The molecule has 1 aromatic carbocycles. The molecule has 19 heavy (non-hydrogen) atoms. The van der Waals surface area contributed by atoms with Crippen molar-refractivity contribution in [3.8, 4) is 0 Å². The van der Waals surface area contributed by atoms with Gasteiger partial charge in [0, 0.05) is 10.3 Å². The maximum absolute atomic E-state index is 11.5. The van der Waals surface area contributed by atoms with Gasteiger partial charge in [-0.05, 0) is 12.1 Å². The molecule has 106 valence electrons. The van der Waals surface area contributed by atoms with Crippen molar-refractivity contribution in [2.75, 3.05) is 5.75 Å². The van der Waals surface area contributed by atoms with Gasteiger partial charge >= 0.3 is 0 Å². The largest absolute Gasteiger partial charge is 0.295 e. The number of amides is 2. The van der Waals surface area contributed by atoms with Crippen molar-refractivity contribution in [1.82, 2.24) is 5.32 Å². The summed E-state index contributed by atoms with van der Waals surface area (Å²) in [5, 5.41) is 2.39. The third-order valence-electron chi connectivity index (χ3n) is 2.05. The molecular weight excluding hydrogens is 258 g/mol. The molecule has 0 saturated heterocycles. The van der Waals surface area contributed by atoms with Gasteiger partial charge in [-0.3, -0.25) is 14.9 Å². The van der Waals surface area contributed by atoms with E-state index >= 15 is 0 Å². The van der Waals surface area contributed by atoms with Gasteiger partial charge in [0.1, 0.15) is 0 Å². The number of imide groups is 1. The van der Waals surface area contributed by atoms with E-state index in [1.165, 1.54) is 11.8 Å². The highest BCUT2D eigenvalue weighted by atomic mass is 32.2. The summed E-state index contributed by atoms with van der Waals surface area (Å²) < 4.78 is 0. The highest BCUT2D eigenvalue weighted by Crippen LogP contribution is 2.17. The Labute approximate surface area is 120 Å². The number of rotatable bonds is 3. The molecule has 0 heterocycles. The SMILES string of the molecule is CC.CC(C)(C)C(=O)NC(=O)CSc1ccccc1. The fourth-order valence-electron chi connectivity index (χ4n) is 1.02. The first-order valence-electron chi connectivity index (χ1n) is 6.42. The molecule has 0 bridgehead atoms. The van der Waals surface area contributed by atoms with E-state index in [0.29, 0.717) is 0 Å². The molecule has 0 aliphatic heterocycles. The predicted molar refractivity (Wildman–Crippen MR) is 81.1 cm³/mol. The minimum atomic E-state index is -0.535. The minimum absolute atomic E-state index is 0.240. The first-order chi connectivity index (χ1) is 8.89. The van der Waals surface area contributed by atoms with Gasteiger partial charge in [-0.1, -0.05) is 52.8 Å². The molecule has 0 fully saturated rings. The first-order valence-corrected chi connectivity index (χ1v) is 7.40. The molecule has 2 amide bonds. The van der Waals surface area contributed by atoms with Crippen molar-refractivity contribution in [2.24, 2.45) is 5.41 Å². The maximum atomic E-state index is 11.5. The van der Waals surface area contributed by atoms with E-state index in [9.17, 15) is 9.59 Å². The van der Waals surface area contributed by atoms with E-state index in [2.05, 4.69) is 5.32 Å². The fourth-order valence-corrected chi connectivity index (χ4v) is 1.74. The minimum Gasteiger partial charge on any atom is -0.295 e. The fraction of sp³-hybridized carbons (Fsp3) is 0.467. The highest BCUT2D eigenvalue weighted by molar-refractivity contribution is 8.00. The standard InChI is InChI=1S/C13H17NO2S.C2H6/c1-13(2,3)12(16)14-11(15)9-17-10-7-5-4-6-8-10;1-2/h4-8H,9H2,1-3H3,(H,14,15,16);1-2H3. The van der Waals surface area contributed by atoms with E-state index in [0.717, 1.165) is 4.90 Å². The second-order valence-electron chi connectivity index (χ2n) is 4.73. The molecule has 0 saturated carbocycles. The Bertz CT molecular complexity index is 396. The van der Waals surface area contributed by atoms with Crippen LogP contribution in [0.2, 0.25) is 0 Å². The quantitative estimate of drug-likeness (QED) is 0.863. The normalized spacial score (nSPS) is 10.2. The number of thioether (sulfide) groups is 1. The topological polar surface area (TPSA) is 46.2 Å². The Balaban J connectivity index is 0.00000154. The Morgan fingerprint density at radius 3 is 2.11 bits per heavy atom. The summed E-state index contributed by atoms with van der Waals surface area (Å²) in [6, 6.07) is 9.63. The molecule has 0 unspecified atom stereocenters. The molecule has 1 rings (SSSR count). The van der Waals surface area contributed by atoms with Gasteiger partial charge in [0.25, 0.3) is 0 Å². The molecule has 0 spiro atoms. The van der Waals surface area contributed by atoms with Gasteiger partial charge in [-0.15, -0.1) is 11.8 Å². The molecule has 0 aromatic heterocycles. The van der Waals surface area contributed by atoms with Crippen LogP contribution in [-0.4, -0.2) is 17.6 Å². The third-order valence-corrected chi connectivity index (χ3v) is 3.06. The number of carbonyl (C=O) groups excluding carboxylic acids is 2. The lowest BCUT2D eigenvalue weighted by molar-refractivity contribution is -0.134. The zero-order valence-corrected chi connectivity index (χ0v) is 13.1. The lowest BCUT2D eigenvalue weighted by Crippen LogP contribution is -2.39. The number of hydrogen-bond acceptors (Lipinski definition) is 3. The summed E-state index contributed by atoms with van der Waals surface area (Å²) >= 11 is 1.42. The zero-order chi connectivity index (χ0) is 14.9. The van der Waals surface area contributed by atoms with Crippen LogP contribution < -0.4 is 5.32 Å². The molecule has 1 aromatic rings. The average Bonchev–Trinajstić information content (AvgIpc) is 2.39. The Hall–Kier alpha value is -1.29. The van der Waals surface area contributed by atoms with E-state index in [-0.39, 0.29) is 17.6 Å². The highest BCUT2D eigenvalue weighted by Gasteiger charge is 2.22. The van der Waals surface area contributed by atoms with Gasteiger partial charge in [0.05, 0.1) is 5.75 Å². The van der Waals surface area contributed by atoms with Crippen LogP contribution in [0.1, 0.15) is 34.6 Å². The summed E-state index contributed by atoms with van der Waals surface area (Å²) in [5.41, 5.74) is -0.535. The van der Waals surface area contributed by atoms with Crippen LogP contribution in [0.4, 0.5) is 0 Å². The van der Waals surface area contributed by atoms with E-state index < -0.39 is 5.41 Å². The van der Waals surface area contributed by atoms with Crippen LogP contribution in [0, 0.1) is 5.41 Å². The Morgan fingerprint density at radius 1 is 1.11 bits per heavy atom. The van der Waals surface area contributed by atoms with E-state index in [1.54, 1.807) is 20.8 Å². The van der Waals surface area contributed by atoms with Crippen molar-refractivity contribution in [3.63, 3.8) is 0 Å². The smallest absolute Gasteiger partial charge is 0.236 e. The van der Waals surface area contributed by atoms with E-state index in [1.807, 2.05) is 44.2 Å². The van der Waals surface area contributed by atoms with Gasteiger partial charge in [-0.2, -0.15) is 0 Å². The summed E-state index contributed by atoms with van der Waals surface area (Å²) in [6.45, 7) is 9.33. The average molecular weight is 281 g/mol. The number of nitrogens with one attached hydrogen (secondary N) is 1. The maximum Gasteiger partial charge on any atom is 0.236 e. The molecule has 0 aliphatic rings. The monoisotopic (exact) mass is 281 g/mol. The van der Waals surface area contributed by atoms with Crippen molar-refractivity contribution >= 4 is 23.6 Å². The molecule has 3 nitrogen and oxygen atoms in total. The summed E-state index contributed by atoms with van der Waals surface area (Å²) in [5.74, 6) is -0.235. The lowest BCUT2D eigenvalue weighted by atomic mass is 9.96. The van der Waals surface area contributed by atoms with Gasteiger partial charge in [-0.25, -0.2) is 0 Å². The van der Waals surface area contributed by atoms with Crippen LogP contribution in [0.15, 0.2) is 35.2 Å². The van der Waals surface area contributed by atoms with Crippen LogP contribution in [0.5, 0.6) is 0 Å². The summed E-state index contributed by atoms with van der Waals surface area (Å²) in [7, 11) is 0. The van der Waals surface area contributed by atoms with Crippen molar-refractivity contribution < 1.29 is 9.59 Å². The van der Waals surface area contributed by atoms with Crippen molar-refractivity contribution in [1.29, 1.82) is 0 Å². The predicted octanol–water partition coefficient (Wildman–Crippen LogP) is 3.49. The van der Waals surface area contributed by atoms with E-state index in [4.69, 9.17) is 0 Å². The van der Waals surface area contributed by atoms with Gasteiger partial charge in [0.15, 0.2) is 0 Å². The zero-order valence-electron chi connectivity index (χ0n) is 12.3. The molecule has 4 heteroatoms. The van der Waals surface area contributed by atoms with Crippen molar-refractivity contribution in [3.05, 3.63) is 30.3 Å². The second kappa shape index (κ2) is 8.75. The first kappa shape index (κ1) is 17.7. The summed E-state index contributed by atoms with van der Waals surface area (Å²) in [4.78, 5) is 24.1. The van der Waals surface area contributed by atoms with Crippen LogP contribution in [-0.2, 0) is 9.59 Å². The Morgan fingerprint density at radius 2 is 1.63 bits per heavy atom. The second-order valence-corrected chi connectivity index (χ2v) is 5.78. The molecule has 1 N–H and O–H groups in total. The van der Waals surface area contributed by atoms with Crippen LogP contribution in [0.3, 0.4) is 0 Å². The van der Waals surface area contributed by atoms with Gasteiger partial charge < -0.3 is 0 Å². The van der Waals surface area contributed by atoms with Gasteiger partial charge in [0.2, 0.25) is 11.8 Å². The summed E-state index contributed by atoms with van der Waals surface area (Å²) in [6.07, 6.45) is 0. The van der Waals surface area contributed by atoms with Crippen LogP contribution >= 0.6 is 11.8 Å².